The summed E-state index contributed by atoms with van der Waals surface area (Å²) in [5.74, 6) is -0.414. The Morgan fingerprint density at radius 1 is 1.27 bits per heavy atom. The summed E-state index contributed by atoms with van der Waals surface area (Å²) in [5, 5.41) is 0.750. The van der Waals surface area contributed by atoms with Crippen molar-refractivity contribution in [3.05, 3.63) is 29.5 Å². The smallest absolute Gasteiger partial charge is 0.340 e. The van der Waals surface area contributed by atoms with Gasteiger partial charge in [0.2, 0.25) is 0 Å². The van der Waals surface area contributed by atoms with Gasteiger partial charge in [-0.1, -0.05) is 0 Å². The molecule has 22 heavy (non-hydrogen) atoms. The van der Waals surface area contributed by atoms with E-state index >= 15 is 0 Å². The van der Waals surface area contributed by atoms with Gasteiger partial charge in [-0.15, -0.1) is 0 Å². The molecule has 0 saturated heterocycles. The van der Waals surface area contributed by atoms with Crippen molar-refractivity contribution in [2.24, 2.45) is 5.73 Å². The van der Waals surface area contributed by atoms with Gasteiger partial charge in [0.25, 0.3) is 5.91 Å². The number of nitrogens with two attached hydrogens (primary N) is 1. The molecule has 0 bridgehead atoms. The van der Waals surface area contributed by atoms with Crippen LogP contribution in [0.2, 0.25) is 0 Å². The number of benzene rings is 1. The van der Waals surface area contributed by atoms with Gasteiger partial charge in [0.05, 0.1) is 12.2 Å². The first-order chi connectivity index (χ1) is 10.5. The third-order valence-corrected chi connectivity index (χ3v) is 3.47. The van der Waals surface area contributed by atoms with Crippen molar-refractivity contribution in [2.75, 3.05) is 13.2 Å². The summed E-state index contributed by atoms with van der Waals surface area (Å²) < 4.78 is 12.5. The molecular weight excluding hydrogens is 284 g/mol. The summed E-state index contributed by atoms with van der Waals surface area (Å²) in [4.78, 5) is 23.1. The molecule has 6 heteroatoms. The summed E-state index contributed by atoms with van der Waals surface area (Å²) >= 11 is 0. The highest BCUT2D eigenvalue weighted by Crippen LogP contribution is 2.30. The predicted molar refractivity (Wildman–Crippen MR) is 83.0 cm³/mol. The molecule has 6 nitrogen and oxygen atoms in total. The number of rotatable bonds is 6. The second-order valence-electron chi connectivity index (χ2n) is 4.86. The van der Waals surface area contributed by atoms with Gasteiger partial charge in [0.15, 0.2) is 6.61 Å². The SMILES string of the molecule is CCOC(=O)c1c(C)n(CC)c2ccc(OCC(N)=O)cc12. The molecule has 1 aromatic carbocycles. The van der Waals surface area contributed by atoms with Gasteiger partial charge in [0, 0.05) is 23.1 Å². The Labute approximate surface area is 128 Å². The van der Waals surface area contributed by atoms with Gasteiger partial charge >= 0.3 is 5.97 Å². The number of carbonyl (C=O) groups excluding carboxylic acids is 2. The van der Waals surface area contributed by atoms with Crippen molar-refractivity contribution < 1.29 is 19.1 Å². The van der Waals surface area contributed by atoms with E-state index in [1.807, 2.05) is 24.5 Å². The molecular formula is C16H20N2O4. The molecule has 0 fully saturated rings. The van der Waals surface area contributed by atoms with Crippen LogP contribution in [-0.4, -0.2) is 29.7 Å². The van der Waals surface area contributed by atoms with E-state index in [2.05, 4.69) is 0 Å². The number of carbonyl (C=O) groups is 2. The van der Waals surface area contributed by atoms with Gasteiger partial charge in [-0.05, 0) is 39.0 Å². The van der Waals surface area contributed by atoms with E-state index < -0.39 is 5.91 Å². The van der Waals surface area contributed by atoms with Crippen molar-refractivity contribution in [1.82, 2.24) is 4.57 Å². The Bertz CT molecular complexity index is 718. The lowest BCUT2D eigenvalue weighted by Crippen LogP contribution is -2.19. The average molecular weight is 304 g/mol. The molecule has 1 aromatic heterocycles. The van der Waals surface area contributed by atoms with Crippen LogP contribution < -0.4 is 10.5 Å². The van der Waals surface area contributed by atoms with Gasteiger partial charge in [0.1, 0.15) is 5.75 Å². The van der Waals surface area contributed by atoms with Gasteiger partial charge < -0.3 is 19.8 Å². The van der Waals surface area contributed by atoms with Gasteiger partial charge in [-0.25, -0.2) is 4.79 Å². The maximum atomic E-state index is 12.2. The maximum Gasteiger partial charge on any atom is 0.340 e. The Morgan fingerprint density at radius 3 is 2.59 bits per heavy atom. The second kappa shape index (κ2) is 6.51. The van der Waals surface area contributed by atoms with Crippen LogP contribution in [0.3, 0.4) is 0 Å². The first-order valence-corrected chi connectivity index (χ1v) is 7.20. The minimum absolute atomic E-state index is 0.201. The molecule has 0 saturated carbocycles. The molecule has 0 aliphatic rings. The zero-order valence-corrected chi connectivity index (χ0v) is 13.0. The van der Waals surface area contributed by atoms with E-state index in [1.165, 1.54) is 0 Å². The highest BCUT2D eigenvalue weighted by molar-refractivity contribution is 6.06. The molecule has 2 N–H and O–H groups in total. The lowest BCUT2D eigenvalue weighted by atomic mass is 10.1. The molecule has 2 aromatic rings. The standard InChI is InChI=1S/C16H20N2O4/c1-4-18-10(3)15(16(20)21-5-2)12-8-11(6-7-13(12)18)22-9-14(17)19/h6-8H,4-5,9H2,1-3H3,(H2,17,19). The van der Waals surface area contributed by atoms with Crippen LogP contribution in [0.4, 0.5) is 0 Å². The number of primary amides is 1. The zero-order valence-electron chi connectivity index (χ0n) is 13.0. The third kappa shape index (κ3) is 2.90. The highest BCUT2D eigenvalue weighted by Gasteiger charge is 2.21. The molecule has 2 rings (SSSR count). The van der Waals surface area contributed by atoms with E-state index in [-0.39, 0.29) is 12.6 Å². The first-order valence-electron chi connectivity index (χ1n) is 7.20. The van der Waals surface area contributed by atoms with Crippen molar-refractivity contribution in [3.8, 4) is 5.75 Å². The average Bonchev–Trinajstić information content (AvgIpc) is 2.76. The Balaban J connectivity index is 2.55. The van der Waals surface area contributed by atoms with E-state index in [0.29, 0.717) is 17.9 Å². The molecule has 1 heterocycles. The lowest BCUT2D eigenvalue weighted by molar-refractivity contribution is -0.119. The van der Waals surface area contributed by atoms with Crippen LogP contribution in [0.5, 0.6) is 5.75 Å². The number of fused-ring (bicyclic) bond motifs is 1. The van der Waals surface area contributed by atoms with Crippen LogP contribution in [0.15, 0.2) is 18.2 Å². The van der Waals surface area contributed by atoms with Crippen LogP contribution in [0, 0.1) is 6.92 Å². The van der Waals surface area contributed by atoms with Crippen LogP contribution >= 0.6 is 0 Å². The Morgan fingerprint density at radius 2 is 2.00 bits per heavy atom. The first kappa shape index (κ1) is 15.9. The molecule has 0 aliphatic heterocycles. The van der Waals surface area contributed by atoms with Crippen LogP contribution in [-0.2, 0) is 16.1 Å². The minimum Gasteiger partial charge on any atom is -0.484 e. The highest BCUT2D eigenvalue weighted by atomic mass is 16.5. The summed E-state index contributed by atoms with van der Waals surface area (Å²) in [6.45, 7) is 6.53. The van der Waals surface area contributed by atoms with E-state index in [0.717, 1.165) is 23.1 Å². The molecule has 0 spiro atoms. The fourth-order valence-electron chi connectivity index (χ4n) is 2.57. The molecule has 1 amide bonds. The fraction of sp³-hybridized carbons (Fsp3) is 0.375. The predicted octanol–water partition coefficient (Wildman–Crippen LogP) is 2.01. The lowest BCUT2D eigenvalue weighted by Gasteiger charge is -2.05. The minimum atomic E-state index is -0.548. The summed E-state index contributed by atoms with van der Waals surface area (Å²) in [7, 11) is 0. The number of aryl methyl sites for hydroxylation is 1. The zero-order chi connectivity index (χ0) is 16.3. The number of nitrogens with zero attached hydrogens (tertiary/aromatic N) is 1. The van der Waals surface area contributed by atoms with E-state index in [9.17, 15) is 9.59 Å². The number of hydrogen-bond donors (Lipinski definition) is 1. The monoisotopic (exact) mass is 304 g/mol. The Hall–Kier alpha value is -2.50. The van der Waals surface area contributed by atoms with E-state index in [1.54, 1.807) is 19.1 Å². The fourth-order valence-corrected chi connectivity index (χ4v) is 2.57. The number of amides is 1. The Kier molecular flexibility index (Phi) is 4.70. The number of ether oxygens (including phenoxy) is 2. The number of esters is 1. The molecule has 0 unspecified atom stereocenters. The second-order valence-corrected chi connectivity index (χ2v) is 4.86. The molecule has 0 radical (unpaired) electrons. The van der Waals surface area contributed by atoms with Gasteiger partial charge in [-0.2, -0.15) is 0 Å². The van der Waals surface area contributed by atoms with Gasteiger partial charge in [-0.3, -0.25) is 4.79 Å². The maximum absolute atomic E-state index is 12.2. The van der Waals surface area contributed by atoms with Crippen molar-refractivity contribution in [3.63, 3.8) is 0 Å². The third-order valence-electron chi connectivity index (χ3n) is 3.47. The quantitative estimate of drug-likeness (QED) is 0.827. The number of hydrogen-bond acceptors (Lipinski definition) is 4. The molecule has 0 atom stereocenters. The summed E-state index contributed by atoms with van der Waals surface area (Å²) in [6.07, 6.45) is 0. The molecule has 0 aliphatic carbocycles. The normalized spacial score (nSPS) is 10.7. The van der Waals surface area contributed by atoms with Crippen LogP contribution in [0.1, 0.15) is 29.9 Å². The largest absolute Gasteiger partial charge is 0.484 e. The van der Waals surface area contributed by atoms with Crippen molar-refractivity contribution >= 4 is 22.8 Å². The van der Waals surface area contributed by atoms with Crippen molar-refractivity contribution in [1.29, 1.82) is 0 Å². The summed E-state index contributed by atoms with van der Waals surface area (Å²) in [6, 6.07) is 5.36. The summed E-state index contributed by atoms with van der Waals surface area (Å²) in [5.41, 5.74) is 7.38. The topological polar surface area (TPSA) is 83.6 Å². The van der Waals surface area contributed by atoms with Crippen LogP contribution in [0.25, 0.3) is 10.9 Å². The number of aromatic nitrogens is 1. The molecule has 118 valence electrons. The van der Waals surface area contributed by atoms with E-state index in [4.69, 9.17) is 15.2 Å². The van der Waals surface area contributed by atoms with Crippen molar-refractivity contribution in [2.45, 2.75) is 27.3 Å².